The highest BCUT2D eigenvalue weighted by molar-refractivity contribution is 6.33. The predicted molar refractivity (Wildman–Crippen MR) is 52.2 cm³/mol. The first kappa shape index (κ1) is 9.81. The highest BCUT2D eigenvalue weighted by atomic mass is 35.5. The molecule has 1 unspecified atom stereocenters. The number of hydrogen-bond donors (Lipinski definition) is 2. The van der Waals surface area contributed by atoms with Crippen molar-refractivity contribution in [3.63, 3.8) is 0 Å². The molecule has 0 fully saturated rings. The SMILES string of the molecule is CC(NN)c1cc(Cl)ccc1Cl. The largest absolute Gasteiger partial charge is 0.271 e. The van der Waals surface area contributed by atoms with E-state index in [9.17, 15) is 0 Å². The lowest BCUT2D eigenvalue weighted by atomic mass is 10.1. The Labute approximate surface area is 81.6 Å². The van der Waals surface area contributed by atoms with Gasteiger partial charge in [0, 0.05) is 16.1 Å². The zero-order chi connectivity index (χ0) is 9.14. The van der Waals surface area contributed by atoms with Crippen molar-refractivity contribution in [1.82, 2.24) is 5.43 Å². The van der Waals surface area contributed by atoms with Gasteiger partial charge in [0.2, 0.25) is 0 Å². The molecule has 0 saturated carbocycles. The van der Waals surface area contributed by atoms with Gasteiger partial charge in [-0.05, 0) is 30.7 Å². The molecular weight excluding hydrogens is 195 g/mol. The number of hydrazine groups is 1. The summed E-state index contributed by atoms with van der Waals surface area (Å²) in [7, 11) is 0. The summed E-state index contributed by atoms with van der Waals surface area (Å²) in [6.45, 7) is 1.91. The fourth-order valence-corrected chi connectivity index (χ4v) is 1.40. The van der Waals surface area contributed by atoms with Gasteiger partial charge in [0.05, 0.1) is 0 Å². The van der Waals surface area contributed by atoms with E-state index in [2.05, 4.69) is 5.43 Å². The maximum Gasteiger partial charge on any atom is 0.0455 e. The summed E-state index contributed by atoms with van der Waals surface area (Å²) in [5, 5.41) is 1.33. The second-order valence-electron chi connectivity index (χ2n) is 2.55. The molecule has 1 rings (SSSR count). The highest BCUT2D eigenvalue weighted by Gasteiger charge is 2.07. The van der Waals surface area contributed by atoms with Gasteiger partial charge in [0.1, 0.15) is 0 Å². The van der Waals surface area contributed by atoms with Crippen LogP contribution in [-0.2, 0) is 0 Å². The van der Waals surface area contributed by atoms with Crippen molar-refractivity contribution in [2.45, 2.75) is 13.0 Å². The minimum Gasteiger partial charge on any atom is -0.271 e. The second kappa shape index (κ2) is 4.10. The van der Waals surface area contributed by atoms with Crippen LogP contribution in [0.4, 0.5) is 0 Å². The van der Waals surface area contributed by atoms with Crippen molar-refractivity contribution >= 4 is 23.2 Å². The first-order valence-corrected chi connectivity index (χ1v) is 4.32. The molecule has 0 aliphatic rings. The zero-order valence-electron chi connectivity index (χ0n) is 6.64. The van der Waals surface area contributed by atoms with Crippen LogP contribution in [0.25, 0.3) is 0 Å². The minimum absolute atomic E-state index is 0.0104. The number of benzene rings is 1. The Morgan fingerprint density at radius 2 is 2.08 bits per heavy atom. The van der Waals surface area contributed by atoms with Crippen molar-refractivity contribution in [2.24, 2.45) is 5.84 Å². The normalized spacial score (nSPS) is 13.0. The van der Waals surface area contributed by atoms with E-state index in [1.807, 2.05) is 6.92 Å². The summed E-state index contributed by atoms with van der Waals surface area (Å²) in [5.41, 5.74) is 3.52. The summed E-state index contributed by atoms with van der Waals surface area (Å²) >= 11 is 11.7. The van der Waals surface area contributed by atoms with Gasteiger partial charge in [0.15, 0.2) is 0 Å². The van der Waals surface area contributed by atoms with Gasteiger partial charge < -0.3 is 0 Å². The Balaban J connectivity index is 3.04. The summed E-state index contributed by atoms with van der Waals surface area (Å²) in [6, 6.07) is 5.31. The molecule has 1 aromatic carbocycles. The Morgan fingerprint density at radius 3 is 2.67 bits per heavy atom. The lowest BCUT2D eigenvalue weighted by Gasteiger charge is -2.11. The molecule has 0 amide bonds. The molecule has 0 saturated heterocycles. The fraction of sp³-hybridized carbons (Fsp3) is 0.250. The van der Waals surface area contributed by atoms with Crippen molar-refractivity contribution in [3.05, 3.63) is 33.8 Å². The van der Waals surface area contributed by atoms with Crippen LogP contribution < -0.4 is 11.3 Å². The molecule has 2 nitrogen and oxygen atoms in total. The maximum absolute atomic E-state index is 5.92. The minimum atomic E-state index is 0.0104. The van der Waals surface area contributed by atoms with Gasteiger partial charge in [-0.25, -0.2) is 0 Å². The Bertz CT molecular complexity index is 276. The molecule has 12 heavy (non-hydrogen) atoms. The smallest absolute Gasteiger partial charge is 0.0455 e. The molecule has 0 bridgehead atoms. The first-order chi connectivity index (χ1) is 5.65. The van der Waals surface area contributed by atoms with Crippen LogP contribution >= 0.6 is 23.2 Å². The van der Waals surface area contributed by atoms with Crippen molar-refractivity contribution < 1.29 is 0 Å². The van der Waals surface area contributed by atoms with E-state index in [0.29, 0.717) is 10.0 Å². The average molecular weight is 205 g/mol. The van der Waals surface area contributed by atoms with Crippen LogP contribution in [0.3, 0.4) is 0 Å². The van der Waals surface area contributed by atoms with E-state index in [1.54, 1.807) is 18.2 Å². The molecule has 66 valence electrons. The van der Waals surface area contributed by atoms with Gasteiger partial charge >= 0.3 is 0 Å². The Hall–Kier alpha value is -0.280. The number of hydrogen-bond acceptors (Lipinski definition) is 2. The highest BCUT2D eigenvalue weighted by Crippen LogP contribution is 2.25. The summed E-state index contributed by atoms with van der Waals surface area (Å²) in [6.07, 6.45) is 0. The van der Waals surface area contributed by atoms with Crippen LogP contribution in [0.5, 0.6) is 0 Å². The molecular formula is C8H10Cl2N2. The Morgan fingerprint density at radius 1 is 1.42 bits per heavy atom. The average Bonchev–Trinajstić information content (AvgIpc) is 2.08. The van der Waals surface area contributed by atoms with E-state index < -0.39 is 0 Å². The molecule has 1 atom stereocenters. The monoisotopic (exact) mass is 204 g/mol. The third-order valence-electron chi connectivity index (χ3n) is 1.67. The molecule has 0 radical (unpaired) electrons. The third-order valence-corrected chi connectivity index (χ3v) is 2.25. The van der Waals surface area contributed by atoms with Crippen molar-refractivity contribution in [1.29, 1.82) is 0 Å². The quantitative estimate of drug-likeness (QED) is 0.575. The van der Waals surface area contributed by atoms with Gasteiger partial charge in [-0.1, -0.05) is 23.2 Å². The number of nitrogens with one attached hydrogen (secondary N) is 1. The van der Waals surface area contributed by atoms with Crippen molar-refractivity contribution in [2.75, 3.05) is 0 Å². The van der Waals surface area contributed by atoms with Crippen LogP contribution in [0, 0.1) is 0 Å². The number of nitrogens with two attached hydrogens (primary N) is 1. The van der Waals surface area contributed by atoms with Crippen LogP contribution in [0.1, 0.15) is 18.5 Å². The van der Waals surface area contributed by atoms with E-state index >= 15 is 0 Å². The molecule has 0 heterocycles. The topological polar surface area (TPSA) is 38.0 Å². The maximum atomic E-state index is 5.92. The molecule has 3 N–H and O–H groups in total. The van der Waals surface area contributed by atoms with Crippen LogP contribution in [0.2, 0.25) is 10.0 Å². The zero-order valence-corrected chi connectivity index (χ0v) is 8.15. The first-order valence-electron chi connectivity index (χ1n) is 3.56. The molecule has 4 heteroatoms. The van der Waals surface area contributed by atoms with Crippen LogP contribution in [-0.4, -0.2) is 0 Å². The number of halogens is 2. The van der Waals surface area contributed by atoms with E-state index in [0.717, 1.165) is 5.56 Å². The van der Waals surface area contributed by atoms with Crippen molar-refractivity contribution in [3.8, 4) is 0 Å². The van der Waals surface area contributed by atoms with Gasteiger partial charge in [-0.15, -0.1) is 0 Å². The summed E-state index contributed by atoms with van der Waals surface area (Å²) < 4.78 is 0. The van der Waals surface area contributed by atoms with E-state index in [-0.39, 0.29) is 6.04 Å². The summed E-state index contributed by atoms with van der Waals surface area (Å²) in [4.78, 5) is 0. The lowest BCUT2D eigenvalue weighted by molar-refractivity contribution is 0.603. The molecule has 0 aliphatic carbocycles. The standard InChI is InChI=1S/C8H10Cl2N2/c1-5(12-11)7-4-6(9)2-3-8(7)10/h2-5,12H,11H2,1H3. The van der Waals surface area contributed by atoms with Gasteiger partial charge in [-0.2, -0.15) is 0 Å². The van der Waals surface area contributed by atoms with Crippen LogP contribution in [0.15, 0.2) is 18.2 Å². The molecule has 0 spiro atoms. The molecule has 0 aliphatic heterocycles. The van der Waals surface area contributed by atoms with Gasteiger partial charge in [-0.3, -0.25) is 11.3 Å². The van der Waals surface area contributed by atoms with E-state index in [4.69, 9.17) is 29.0 Å². The summed E-state index contributed by atoms with van der Waals surface area (Å²) in [5.74, 6) is 5.27. The lowest BCUT2D eigenvalue weighted by Crippen LogP contribution is -2.25. The van der Waals surface area contributed by atoms with Gasteiger partial charge in [0.25, 0.3) is 0 Å². The van der Waals surface area contributed by atoms with E-state index in [1.165, 1.54) is 0 Å². The molecule has 1 aromatic rings. The fourth-order valence-electron chi connectivity index (χ4n) is 0.936. The third kappa shape index (κ3) is 2.11. The molecule has 0 aromatic heterocycles. The Kier molecular flexibility index (Phi) is 3.35. The number of rotatable bonds is 2. The predicted octanol–water partition coefficient (Wildman–Crippen LogP) is 2.52. The second-order valence-corrected chi connectivity index (χ2v) is 3.40.